The second kappa shape index (κ2) is 5.97. The Balaban J connectivity index is 1.64. The minimum Gasteiger partial charge on any atom is -0.345 e. The first-order valence-electron chi connectivity index (χ1n) is 8.52. The lowest BCUT2D eigenvalue weighted by Gasteiger charge is -2.28. The Labute approximate surface area is 147 Å². The molecule has 1 aromatic heterocycles. The number of rotatable bonds is 3. The monoisotopic (exact) mass is 341 g/mol. The van der Waals surface area contributed by atoms with Gasteiger partial charge in [0.1, 0.15) is 0 Å². The number of hydrogen-bond donors (Lipinski definition) is 0. The number of aryl methyl sites for hydroxylation is 1. The molecule has 126 valence electrons. The molecule has 2 aliphatic heterocycles. The van der Waals surface area contributed by atoms with E-state index >= 15 is 0 Å². The second-order valence-electron chi connectivity index (χ2n) is 7.12. The zero-order valence-corrected chi connectivity index (χ0v) is 15.1. The number of carbonyl (C=O) groups is 1. The molecule has 24 heavy (non-hydrogen) atoms. The predicted octanol–water partition coefficient (Wildman–Crippen LogP) is 2.90. The van der Waals surface area contributed by atoms with Gasteiger partial charge in [-0.3, -0.25) is 9.69 Å². The Morgan fingerprint density at radius 3 is 2.75 bits per heavy atom. The molecule has 2 saturated heterocycles. The van der Waals surface area contributed by atoms with Gasteiger partial charge in [-0.25, -0.2) is 4.98 Å². The quantitative estimate of drug-likeness (QED) is 0.861. The van der Waals surface area contributed by atoms with Crippen LogP contribution in [0.5, 0.6) is 0 Å². The van der Waals surface area contributed by atoms with E-state index < -0.39 is 0 Å². The molecule has 0 aliphatic carbocycles. The largest absolute Gasteiger partial charge is 0.345 e. The van der Waals surface area contributed by atoms with Crippen LogP contribution in [0.1, 0.15) is 28.6 Å². The third kappa shape index (κ3) is 2.56. The molecule has 4 rings (SSSR count). The third-order valence-electron chi connectivity index (χ3n) is 5.53. The Hall–Kier alpha value is -1.72. The molecular formula is C19H23N3OS. The van der Waals surface area contributed by atoms with E-state index in [4.69, 9.17) is 0 Å². The molecule has 3 heterocycles. The summed E-state index contributed by atoms with van der Waals surface area (Å²) in [6.07, 6.45) is 0.953. The number of hydrogen-bond acceptors (Lipinski definition) is 4. The molecule has 1 aromatic carbocycles. The number of benzene rings is 1. The number of amides is 1. The summed E-state index contributed by atoms with van der Waals surface area (Å²) in [5, 5.41) is 3.25. The van der Waals surface area contributed by atoms with Crippen LogP contribution in [0.4, 0.5) is 0 Å². The highest BCUT2D eigenvalue weighted by Crippen LogP contribution is 2.49. The van der Waals surface area contributed by atoms with E-state index in [-0.39, 0.29) is 11.3 Å². The Kier molecular flexibility index (Phi) is 3.93. The summed E-state index contributed by atoms with van der Waals surface area (Å²) < 4.78 is 0. The maximum atomic E-state index is 13.0. The first kappa shape index (κ1) is 15.8. The fraction of sp³-hybridized carbons (Fsp3) is 0.474. The van der Waals surface area contributed by atoms with Gasteiger partial charge in [-0.05, 0) is 18.9 Å². The fourth-order valence-electron chi connectivity index (χ4n) is 4.37. The highest BCUT2D eigenvalue weighted by Gasteiger charge is 2.56. The lowest BCUT2D eigenvalue weighted by molar-refractivity contribution is -0.135. The lowest BCUT2D eigenvalue weighted by atomic mass is 9.73. The summed E-state index contributed by atoms with van der Waals surface area (Å²) in [7, 11) is 1.94. The van der Waals surface area contributed by atoms with E-state index in [1.807, 2.05) is 24.9 Å². The molecule has 5 heteroatoms. The molecule has 0 bridgehead atoms. The van der Waals surface area contributed by atoms with Gasteiger partial charge in [0.2, 0.25) is 5.91 Å². The molecule has 0 N–H and O–H groups in total. The van der Waals surface area contributed by atoms with E-state index in [0.717, 1.165) is 43.3 Å². The van der Waals surface area contributed by atoms with E-state index in [9.17, 15) is 4.79 Å². The maximum Gasteiger partial charge on any atom is 0.230 e. The van der Waals surface area contributed by atoms with Crippen molar-refractivity contribution in [3.63, 3.8) is 0 Å². The average molecular weight is 341 g/mol. The summed E-state index contributed by atoms with van der Waals surface area (Å²) in [5.74, 6) is 0.587. The Morgan fingerprint density at radius 2 is 2.12 bits per heavy atom. The van der Waals surface area contributed by atoms with Gasteiger partial charge < -0.3 is 4.90 Å². The molecular weight excluding hydrogens is 318 g/mol. The van der Waals surface area contributed by atoms with Gasteiger partial charge in [0.25, 0.3) is 0 Å². The minimum atomic E-state index is -0.263. The van der Waals surface area contributed by atoms with Crippen molar-refractivity contribution in [2.24, 2.45) is 5.41 Å². The first-order chi connectivity index (χ1) is 11.6. The molecule has 2 atom stereocenters. The number of carbonyl (C=O) groups excluding carboxylic acids is 1. The minimum absolute atomic E-state index is 0.263. The Bertz CT molecular complexity index is 744. The first-order valence-corrected chi connectivity index (χ1v) is 9.40. The normalized spacial score (nSPS) is 27.5. The van der Waals surface area contributed by atoms with Gasteiger partial charge in [0, 0.05) is 44.5 Å². The van der Waals surface area contributed by atoms with Crippen molar-refractivity contribution < 1.29 is 4.79 Å². The zero-order chi connectivity index (χ0) is 16.7. The predicted molar refractivity (Wildman–Crippen MR) is 96.0 cm³/mol. The molecule has 0 radical (unpaired) electrons. The van der Waals surface area contributed by atoms with Crippen molar-refractivity contribution in [1.82, 2.24) is 14.8 Å². The lowest BCUT2D eigenvalue weighted by Crippen LogP contribution is -2.38. The van der Waals surface area contributed by atoms with E-state index in [0.29, 0.717) is 5.91 Å². The van der Waals surface area contributed by atoms with Crippen LogP contribution < -0.4 is 0 Å². The van der Waals surface area contributed by atoms with Crippen LogP contribution in [0.15, 0.2) is 35.7 Å². The van der Waals surface area contributed by atoms with Crippen LogP contribution >= 0.6 is 11.3 Å². The number of aromatic nitrogens is 1. The van der Waals surface area contributed by atoms with E-state index in [2.05, 4.69) is 39.5 Å². The van der Waals surface area contributed by atoms with Crippen molar-refractivity contribution in [3.8, 4) is 0 Å². The molecule has 1 spiro atoms. The van der Waals surface area contributed by atoms with Crippen LogP contribution in [-0.2, 0) is 11.3 Å². The number of nitrogens with zero attached hydrogens (tertiary/aromatic N) is 3. The van der Waals surface area contributed by atoms with Crippen molar-refractivity contribution in [2.75, 3.05) is 26.7 Å². The smallest absolute Gasteiger partial charge is 0.230 e. The summed E-state index contributed by atoms with van der Waals surface area (Å²) in [5.41, 5.74) is 2.15. The van der Waals surface area contributed by atoms with Crippen molar-refractivity contribution in [2.45, 2.75) is 25.8 Å². The second-order valence-corrected chi connectivity index (χ2v) is 8.19. The molecule has 2 aromatic rings. The van der Waals surface area contributed by atoms with Crippen LogP contribution in [0.3, 0.4) is 0 Å². The number of likely N-dealkylation sites (tertiary alicyclic amines) is 2. The van der Waals surface area contributed by atoms with E-state index in [1.54, 1.807) is 11.3 Å². The number of thiazole rings is 1. The van der Waals surface area contributed by atoms with Crippen molar-refractivity contribution in [1.29, 1.82) is 0 Å². The topological polar surface area (TPSA) is 36.4 Å². The summed E-state index contributed by atoms with van der Waals surface area (Å²) in [6.45, 7) is 5.52. The SMILES string of the molecule is Cc1nc(CN2C[C@@H](c3ccccc3)[C@@]3(CCN(C)C3=O)C2)cs1. The Morgan fingerprint density at radius 1 is 1.33 bits per heavy atom. The highest BCUT2D eigenvalue weighted by molar-refractivity contribution is 7.09. The average Bonchev–Trinajstić information content (AvgIpc) is 3.24. The van der Waals surface area contributed by atoms with Gasteiger partial charge in [-0.1, -0.05) is 30.3 Å². The van der Waals surface area contributed by atoms with Crippen LogP contribution in [0.25, 0.3) is 0 Å². The van der Waals surface area contributed by atoms with Gasteiger partial charge in [-0.15, -0.1) is 11.3 Å². The van der Waals surface area contributed by atoms with Crippen LogP contribution in [0, 0.1) is 12.3 Å². The summed E-state index contributed by atoms with van der Waals surface area (Å²) in [6, 6.07) is 10.6. The molecule has 1 amide bonds. The standard InChI is InChI=1S/C19H23N3OS/c1-14-20-16(12-24-14)10-22-11-17(15-6-4-3-5-7-15)19(13-22)8-9-21(2)18(19)23/h3-7,12,17H,8-11,13H2,1-2H3/t17-,19+/m0/s1. The van der Waals surface area contributed by atoms with Crippen molar-refractivity contribution >= 4 is 17.2 Å². The molecule has 4 nitrogen and oxygen atoms in total. The summed E-state index contributed by atoms with van der Waals surface area (Å²) in [4.78, 5) is 21.9. The summed E-state index contributed by atoms with van der Waals surface area (Å²) >= 11 is 1.70. The van der Waals surface area contributed by atoms with Crippen LogP contribution in [-0.4, -0.2) is 47.4 Å². The third-order valence-corrected chi connectivity index (χ3v) is 6.36. The molecule has 0 saturated carbocycles. The maximum absolute atomic E-state index is 13.0. The van der Waals surface area contributed by atoms with Gasteiger partial charge in [0.15, 0.2) is 0 Å². The van der Waals surface area contributed by atoms with Gasteiger partial charge in [-0.2, -0.15) is 0 Å². The van der Waals surface area contributed by atoms with Gasteiger partial charge >= 0.3 is 0 Å². The molecule has 2 fully saturated rings. The van der Waals surface area contributed by atoms with E-state index in [1.165, 1.54) is 5.56 Å². The van der Waals surface area contributed by atoms with Crippen molar-refractivity contribution in [3.05, 3.63) is 52.0 Å². The molecule has 2 aliphatic rings. The highest BCUT2D eigenvalue weighted by atomic mass is 32.1. The molecule has 0 unspecified atom stereocenters. The zero-order valence-electron chi connectivity index (χ0n) is 14.2. The van der Waals surface area contributed by atoms with Crippen LogP contribution in [0.2, 0.25) is 0 Å². The fourth-order valence-corrected chi connectivity index (χ4v) is 4.98. The van der Waals surface area contributed by atoms with Gasteiger partial charge in [0.05, 0.1) is 16.1 Å².